The standard InChI is InChI=1S/C19H20N2O3S/c1-4-24-18(23)15-11(2)21(3)19(25)20-17(15)16-13-8-6-5-7-12(13)9-10-14(16)22/h5-10,17,22H,4H2,1-3H3,(H,20,25). The minimum Gasteiger partial charge on any atom is -0.508 e. The van der Waals surface area contributed by atoms with E-state index in [1.807, 2.05) is 37.3 Å². The SMILES string of the molecule is CCOC(=O)C1=C(C)N(C)C(=S)NC1c1c(O)ccc2ccccc12. The number of benzene rings is 2. The average Bonchev–Trinajstić information content (AvgIpc) is 2.59. The molecule has 2 aromatic carbocycles. The van der Waals surface area contributed by atoms with Crippen LogP contribution in [-0.4, -0.2) is 34.7 Å². The number of phenols is 1. The molecule has 2 N–H and O–H groups in total. The van der Waals surface area contributed by atoms with Crippen LogP contribution in [0.1, 0.15) is 25.5 Å². The highest BCUT2D eigenvalue weighted by molar-refractivity contribution is 7.80. The molecule has 1 atom stereocenters. The van der Waals surface area contributed by atoms with Crippen LogP contribution >= 0.6 is 12.2 Å². The van der Waals surface area contributed by atoms with Gasteiger partial charge in [-0.1, -0.05) is 30.3 Å². The molecule has 1 aliphatic rings. The number of esters is 1. The van der Waals surface area contributed by atoms with E-state index in [0.29, 0.717) is 21.9 Å². The normalized spacial score (nSPS) is 17.6. The molecule has 3 rings (SSSR count). The first-order chi connectivity index (χ1) is 12.0. The van der Waals surface area contributed by atoms with Crippen LogP contribution in [0.5, 0.6) is 5.75 Å². The van der Waals surface area contributed by atoms with E-state index >= 15 is 0 Å². The largest absolute Gasteiger partial charge is 0.508 e. The molecule has 25 heavy (non-hydrogen) atoms. The second-order valence-corrected chi connectivity index (χ2v) is 6.27. The molecule has 0 radical (unpaired) electrons. The fourth-order valence-electron chi connectivity index (χ4n) is 3.11. The Hall–Kier alpha value is -2.60. The van der Waals surface area contributed by atoms with Gasteiger partial charge in [-0.05, 0) is 42.9 Å². The van der Waals surface area contributed by atoms with Crippen molar-refractivity contribution in [3.8, 4) is 5.75 Å². The van der Waals surface area contributed by atoms with Crippen molar-refractivity contribution in [1.29, 1.82) is 0 Å². The first-order valence-electron chi connectivity index (χ1n) is 8.08. The van der Waals surface area contributed by atoms with Crippen molar-refractivity contribution < 1.29 is 14.6 Å². The maximum atomic E-state index is 12.6. The lowest BCUT2D eigenvalue weighted by atomic mass is 9.90. The predicted molar refractivity (Wildman–Crippen MR) is 101 cm³/mol. The zero-order chi connectivity index (χ0) is 18.1. The maximum absolute atomic E-state index is 12.6. The fourth-order valence-corrected chi connectivity index (χ4v) is 3.37. The van der Waals surface area contributed by atoms with Gasteiger partial charge in [0.05, 0.1) is 18.2 Å². The third kappa shape index (κ3) is 2.93. The Balaban J connectivity index is 2.26. The molecule has 0 saturated heterocycles. The number of allylic oxidation sites excluding steroid dienone is 1. The summed E-state index contributed by atoms with van der Waals surface area (Å²) in [7, 11) is 1.79. The van der Waals surface area contributed by atoms with Crippen molar-refractivity contribution >= 4 is 34.1 Å². The number of hydrogen-bond donors (Lipinski definition) is 2. The second kappa shape index (κ2) is 6.72. The summed E-state index contributed by atoms with van der Waals surface area (Å²) in [6, 6.07) is 10.6. The van der Waals surface area contributed by atoms with E-state index in [-0.39, 0.29) is 12.4 Å². The van der Waals surface area contributed by atoms with Crippen LogP contribution in [0.4, 0.5) is 0 Å². The molecule has 0 fully saturated rings. The zero-order valence-electron chi connectivity index (χ0n) is 14.4. The topological polar surface area (TPSA) is 61.8 Å². The second-order valence-electron chi connectivity index (χ2n) is 5.88. The fraction of sp³-hybridized carbons (Fsp3) is 0.263. The molecule has 2 aromatic rings. The smallest absolute Gasteiger partial charge is 0.338 e. The van der Waals surface area contributed by atoms with Crippen molar-refractivity contribution in [3.05, 3.63) is 53.2 Å². The van der Waals surface area contributed by atoms with Crippen molar-refractivity contribution in [2.24, 2.45) is 0 Å². The number of carbonyl (C=O) groups excluding carboxylic acids is 1. The highest BCUT2D eigenvalue weighted by atomic mass is 32.1. The highest BCUT2D eigenvalue weighted by Crippen LogP contribution is 2.39. The zero-order valence-corrected chi connectivity index (χ0v) is 15.2. The molecule has 130 valence electrons. The first-order valence-corrected chi connectivity index (χ1v) is 8.49. The summed E-state index contributed by atoms with van der Waals surface area (Å²) in [6.07, 6.45) is 0. The number of aromatic hydroxyl groups is 1. The number of ether oxygens (including phenoxy) is 1. The van der Waals surface area contributed by atoms with Crippen LogP contribution in [-0.2, 0) is 9.53 Å². The molecule has 6 heteroatoms. The quantitative estimate of drug-likeness (QED) is 0.650. The Morgan fingerprint density at radius 3 is 2.76 bits per heavy atom. The van der Waals surface area contributed by atoms with Crippen molar-refractivity contribution in [2.75, 3.05) is 13.7 Å². The lowest BCUT2D eigenvalue weighted by Crippen LogP contribution is -2.46. The summed E-state index contributed by atoms with van der Waals surface area (Å²) in [5, 5.41) is 16.1. The number of nitrogens with zero attached hydrogens (tertiary/aromatic N) is 1. The molecule has 1 unspecified atom stereocenters. The van der Waals surface area contributed by atoms with Gasteiger partial charge in [0.25, 0.3) is 0 Å². The number of rotatable bonds is 3. The Bertz CT molecular complexity index is 891. The van der Waals surface area contributed by atoms with Gasteiger partial charge in [-0.15, -0.1) is 0 Å². The summed E-state index contributed by atoms with van der Waals surface area (Å²) in [5.74, 6) is -0.308. The maximum Gasteiger partial charge on any atom is 0.338 e. The Morgan fingerprint density at radius 2 is 2.04 bits per heavy atom. The lowest BCUT2D eigenvalue weighted by molar-refractivity contribution is -0.139. The third-order valence-corrected chi connectivity index (χ3v) is 4.88. The lowest BCUT2D eigenvalue weighted by Gasteiger charge is -2.36. The number of hydrogen-bond acceptors (Lipinski definition) is 4. The number of fused-ring (bicyclic) bond motifs is 1. The summed E-state index contributed by atoms with van der Waals surface area (Å²) in [4.78, 5) is 14.4. The van der Waals surface area contributed by atoms with Crippen molar-refractivity contribution in [3.63, 3.8) is 0 Å². The summed E-state index contributed by atoms with van der Waals surface area (Å²) < 4.78 is 5.25. The van der Waals surface area contributed by atoms with Crippen molar-refractivity contribution in [1.82, 2.24) is 10.2 Å². The molecular weight excluding hydrogens is 336 g/mol. The molecule has 0 aromatic heterocycles. The molecule has 1 heterocycles. The molecular formula is C19H20N2O3S. The first kappa shape index (κ1) is 17.2. The monoisotopic (exact) mass is 356 g/mol. The molecule has 0 aliphatic carbocycles. The van der Waals surface area contributed by atoms with E-state index in [4.69, 9.17) is 17.0 Å². The van der Waals surface area contributed by atoms with Crippen molar-refractivity contribution in [2.45, 2.75) is 19.9 Å². The van der Waals surface area contributed by atoms with E-state index in [1.54, 1.807) is 24.9 Å². The van der Waals surface area contributed by atoms with Crippen LogP contribution in [0.3, 0.4) is 0 Å². The Morgan fingerprint density at radius 1 is 1.32 bits per heavy atom. The molecule has 1 aliphatic heterocycles. The van der Waals surface area contributed by atoms with Gasteiger partial charge in [-0.25, -0.2) is 4.79 Å². The number of phenolic OH excluding ortho intramolecular Hbond substituents is 1. The summed E-state index contributed by atoms with van der Waals surface area (Å²) >= 11 is 5.40. The van der Waals surface area contributed by atoms with Gasteiger partial charge in [0, 0.05) is 18.3 Å². The van der Waals surface area contributed by atoms with E-state index in [9.17, 15) is 9.90 Å². The number of carbonyl (C=O) groups is 1. The number of nitrogens with one attached hydrogen (secondary N) is 1. The van der Waals surface area contributed by atoms with Crippen LogP contribution < -0.4 is 5.32 Å². The Labute approximate surface area is 151 Å². The predicted octanol–water partition coefficient (Wildman–Crippen LogP) is 3.24. The van der Waals surface area contributed by atoms with E-state index in [0.717, 1.165) is 10.8 Å². The average molecular weight is 356 g/mol. The van der Waals surface area contributed by atoms with Crippen LogP contribution in [0.15, 0.2) is 47.7 Å². The number of thiocarbonyl (C=S) groups is 1. The minimum absolute atomic E-state index is 0.109. The van der Waals surface area contributed by atoms with Crippen LogP contribution in [0.25, 0.3) is 10.8 Å². The molecule has 0 spiro atoms. The third-order valence-electron chi connectivity index (χ3n) is 4.49. The van der Waals surface area contributed by atoms with Gasteiger partial charge in [0.2, 0.25) is 0 Å². The molecule has 5 nitrogen and oxygen atoms in total. The van der Waals surface area contributed by atoms with E-state index < -0.39 is 12.0 Å². The van der Waals surface area contributed by atoms with Gasteiger partial charge in [-0.2, -0.15) is 0 Å². The molecule has 0 saturated carbocycles. The van der Waals surface area contributed by atoms with Gasteiger partial charge < -0.3 is 20.1 Å². The van der Waals surface area contributed by atoms with Gasteiger partial charge in [0.15, 0.2) is 5.11 Å². The molecule has 0 bridgehead atoms. The van der Waals surface area contributed by atoms with Gasteiger partial charge in [-0.3, -0.25) is 0 Å². The summed E-state index contributed by atoms with van der Waals surface area (Å²) in [6.45, 7) is 3.87. The van der Waals surface area contributed by atoms with Crippen LogP contribution in [0, 0.1) is 0 Å². The highest BCUT2D eigenvalue weighted by Gasteiger charge is 2.35. The van der Waals surface area contributed by atoms with E-state index in [1.165, 1.54) is 0 Å². The minimum atomic E-state index is -0.575. The van der Waals surface area contributed by atoms with Crippen LogP contribution in [0.2, 0.25) is 0 Å². The van der Waals surface area contributed by atoms with Gasteiger partial charge >= 0.3 is 5.97 Å². The Kier molecular flexibility index (Phi) is 4.63. The summed E-state index contributed by atoms with van der Waals surface area (Å²) in [5.41, 5.74) is 1.78. The van der Waals surface area contributed by atoms with E-state index in [2.05, 4.69) is 5.32 Å². The van der Waals surface area contributed by atoms with Gasteiger partial charge in [0.1, 0.15) is 5.75 Å². The molecule has 0 amide bonds.